The second kappa shape index (κ2) is 7.53. The predicted molar refractivity (Wildman–Crippen MR) is 93.5 cm³/mol. The maximum atomic E-state index is 12.6. The van der Waals surface area contributed by atoms with Gasteiger partial charge in [-0.3, -0.25) is 14.6 Å². The Kier molecular flexibility index (Phi) is 5.20. The Bertz CT molecular complexity index is 710. The van der Waals surface area contributed by atoms with E-state index in [1.807, 2.05) is 23.6 Å². The quantitative estimate of drug-likeness (QED) is 0.873. The van der Waals surface area contributed by atoms with E-state index in [0.717, 1.165) is 37.1 Å². The Balaban J connectivity index is 1.70. The number of carbonyl (C=O) groups is 2. The van der Waals surface area contributed by atoms with Gasteiger partial charge < -0.3 is 10.6 Å². The number of amides is 2. The van der Waals surface area contributed by atoms with Gasteiger partial charge in [-0.2, -0.15) is 0 Å². The SMILES string of the molecule is CC(=O)NC(C(=O)Nc1nc(-c2ccccn2)cs1)C1CCCC1. The molecule has 2 amide bonds. The molecule has 24 heavy (non-hydrogen) atoms. The van der Waals surface area contributed by atoms with Crippen LogP contribution >= 0.6 is 11.3 Å². The summed E-state index contributed by atoms with van der Waals surface area (Å²) in [5, 5.41) is 8.02. The maximum absolute atomic E-state index is 12.6. The highest BCUT2D eigenvalue weighted by molar-refractivity contribution is 7.14. The van der Waals surface area contributed by atoms with E-state index in [0.29, 0.717) is 5.13 Å². The van der Waals surface area contributed by atoms with E-state index >= 15 is 0 Å². The fraction of sp³-hybridized carbons (Fsp3) is 0.412. The van der Waals surface area contributed by atoms with Gasteiger partial charge in [0.2, 0.25) is 11.8 Å². The first kappa shape index (κ1) is 16.6. The average Bonchev–Trinajstić information content (AvgIpc) is 3.25. The number of hydrogen-bond donors (Lipinski definition) is 2. The number of thiazole rings is 1. The minimum atomic E-state index is -0.493. The topological polar surface area (TPSA) is 84.0 Å². The van der Waals surface area contributed by atoms with E-state index in [4.69, 9.17) is 0 Å². The van der Waals surface area contributed by atoms with Crippen molar-refractivity contribution in [1.29, 1.82) is 0 Å². The Morgan fingerprint density at radius 1 is 1.25 bits per heavy atom. The van der Waals surface area contributed by atoms with Crippen LogP contribution in [0.5, 0.6) is 0 Å². The third-order valence-electron chi connectivity index (χ3n) is 4.17. The van der Waals surface area contributed by atoms with Crippen LogP contribution in [0, 0.1) is 5.92 Å². The number of hydrogen-bond acceptors (Lipinski definition) is 5. The van der Waals surface area contributed by atoms with Gasteiger partial charge in [0, 0.05) is 18.5 Å². The summed E-state index contributed by atoms with van der Waals surface area (Å²) in [6.45, 7) is 1.44. The fourth-order valence-electron chi connectivity index (χ4n) is 3.05. The van der Waals surface area contributed by atoms with Crippen LogP contribution in [0.1, 0.15) is 32.6 Å². The third-order valence-corrected chi connectivity index (χ3v) is 4.93. The van der Waals surface area contributed by atoms with Crippen molar-refractivity contribution >= 4 is 28.3 Å². The first-order valence-electron chi connectivity index (χ1n) is 8.08. The lowest BCUT2D eigenvalue weighted by molar-refractivity contribution is -0.126. The van der Waals surface area contributed by atoms with Gasteiger partial charge in [0.15, 0.2) is 5.13 Å². The summed E-state index contributed by atoms with van der Waals surface area (Å²) < 4.78 is 0. The fourth-order valence-corrected chi connectivity index (χ4v) is 3.76. The van der Waals surface area contributed by atoms with Crippen LogP contribution in [-0.4, -0.2) is 27.8 Å². The Morgan fingerprint density at radius 2 is 2.04 bits per heavy atom. The average molecular weight is 344 g/mol. The van der Waals surface area contributed by atoms with E-state index in [-0.39, 0.29) is 17.7 Å². The van der Waals surface area contributed by atoms with Crippen molar-refractivity contribution in [2.45, 2.75) is 38.6 Å². The molecule has 2 heterocycles. The van der Waals surface area contributed by atoms with Gasteiger partial charge in [-0.1, -0.05) is 18.9 Å². The molecule has 1 atom stereocenters. The molecule has 6 nitrogen and oxygen atoms in total. The predicted octanol–water partition coefficient (Wildman–Crippen LogP) is 2.84. The first-order valence-corrected chi connectivity index (χ1v) is 8.96. The maximum Gasteiger partial charge on any atom is 0.249 e. The zero-order valence-corrected chi connectivity index (χ0v) is 14.3. The van der Waals surface area contributed by atoms with Crippen LogP contribution in [0.3, 0.4) is 0 Å². The van der Waals surface area contributed by atoms with E-state index in [1.54, 1.807) is 6.20 Å². The molecule has 0 radical (unpaired) electrons. The molecule has 7 heteroatoms. The molecule has 0 aromatic carbocycles. The lowest BCUT2D eigenvalue weighted by atomic mass is 9.97. The van der Waals surface area contributed by atoms with E-state index in [9.17, 15) is 9.59 Å². The molecular weight excluding hydrogens is 324 g/mol. The zero-order valence-electron chi connectivity index (χ0n) is 13.5. The van der Waals surface area contributed by atoms with Crippen molar-refractivity contribution in [2.75, 3.05) is 5.32 Å². The Hall–Kier alpha value is -2.28. The number of pyridine rings is 1. The molecular formula is C17H20N4O2S. The Labute approximate surface area is 144 Å². The molecule has 2 N–H and O–H groups in total. The van der Waals surface area contributed by atoms with Crippen LogP contribution < -0.4 is 10.6 Å². The first-order chi connectivity index (χ1) is 11.6. The van der Waals surface area contributed by atoms with Gasteiger partial charge in [0.1, 0.15) is 11.7 Å². The number of nitrogens with zero attached hydrogens (tertiary/aromatic N) is 2. The molecule has 126 valence electrons. The molecule has 0 spiro atoms. The van der Waals surface area contributed by atoms with Crippen molar-refractivity contribution in [3.63, 3.8) is 0 Å². The molecule has 1 aliphatic carbocycles. The van der Waals surface area contributed by atoms with Gasteiger partial charge in [-0.25, -0.2) is 4.98 Å². The number of nitrogens with one attached hydrogen (secondary N) is 2. The lowest BCUT2D eigenvalue weighted by Gasteiger charge is -2.22. The normalized spacial score (nSPS) is 15.9. The van der Waals surface area contributed by atoms with Crippen molar-refractivity contribution in [1.82, 2.24) is 15.3 Å². The second-order valence-corrected chi connectivity index (χ2v) is 6.82. The molecule has 0 aliphatic heterocycles. The van der Waals surface area contributed by atoms with Crippen molar-refractivity contribution in [2.24, 2.45) is 5.92 Å². The molecule has 1 fully saturated rings. The zero-order chi connectivity index (χ0) is 16.9. The van der Waals surface area contributed by atoms with Crippen LogP contribution in [0.4, 0.5) is 5.13 Å². The summed E-state index contributed by atoms with van der Waals surface area (Å²) in [6.07, 6.45) is 5.86. The molecule has 1 unspecified atom stereocenters. The standard InChI is InChI=1S/C17H20N4O2S/c1-11(22)19-15(12-6-2-3-7-12)16(23)21-17-20-14(10-24-17)13-8-4-5-9-18-13/h4-5,8-10,12,15H,2-3,6-7H2,1H3,(H,19,22)(H,20,21,23). The summed E-state index contributed by atoms with van der Waals surface area (Å²) in [5.74, 6) is -0.182. The summed E-state index contributed by atoms with van der Waals surface area (Å²) in [7, 11) is 0. The molecule has 0 saturated heterocycles. The van der Waals surface area contributed by atoms with Gasteiger partial charge in [-0.15, -0.1) is 11.3 Å². The molecule has 0 bridgehead atoms. The summed E-state index contributed by atoms with van der Waals surface area (Å²) in [4.78, 5) is 32.7. The number of carbonyl (C=O) groups excluding carboxylic acids is 2. The summed E-state index contributed by atoms with van der Waals surface area (Å²) in [6, 6.07) is 5.12. The minimum absolute atomic E-state index is 0.185. The highest BCUT2D eigenvalue weighted by Crippen LogP contribution is 2.29. The van der Waals surface area contributed by atoms with Crippen LogP contribution in [-0.2, 0) is 9.59 Å². The number of rotatable bonds is 5. The van der Waals surface area contributed by atoms with Crippen molar-refractivity contribution in [3.8, 4) is 11.4 Å². The van der Waals surface area contributed by atoms with Crippen LogP contribution in [0.2, 0.25) is 0 Å². The van der Waals surface area contributed by atoms with Crippen LogP contribution in [0.15, 0.2) is 29.8 Å². The number of anilines is 1. The van der Waals surface area contributed by atoms with Crippen molar-refractivity contribution < 1.29 is 9.59 Å². The molecule has 3 rings (SSSR count). The van der Waals surface area contributed by atoms with E-state index < -0.39 is 6.04 Å². The van der Waals surface area contributed by atoms with Gasteiger partial charge in [0.05, 0.1) is 5.69 Å². The van der Waals surface area contributed by atoms with E-state index in [1.165, 1.54) is 18.3 Å². The minimum Gasteiger partial charge on any atom is -0.344 e. The number of aromatic nitrogens is 2. The smallest absolute Gasteiger partial charge is 0.249 e. The highest BCUT2D eigenvalue weighted by Gasteiger charge is 2.31. The second-order valence-electron chi connectivity index (χ2n) is 5.96. The van der Waals surface area contributed by atoms with Gasteiger partial charge in [-0.05, 0) is 30.9 Å². The van der Waals surface area contributed by atoms with Crippen LogP contribution in [0.25, 0.3) is 11.4 Å². The van der Waals surface area contributed by atoms with Gasteiger partial charge >= 0.3 is 0 Å². The third kappa shape index (κ3) is 3.97. The molecule has 2 aromatic heterocycles. The molecule has 1 saturated carbocycles. The van der Waals surface area contributed by atoms with E-state index in [2.05, 4.69) is 20.6 Å². The lowest BCUT2D eigenvalue weighted by Crippen LogP contribution is -2.47. The van der Waals surface area contributed by atoms with Crippen molar-refractivity contribution in [3.05, 3.63) is 29.8 Å². The molecule has 2 aromatic rings. The Morgan fingerprint density at radius 3 is 2.71 bits per heavy atom. The highest BCUT2D eigenvalue weighted by atomic mass is 32.1. The summed E-state index contributed by atoms with van der Waals surface area (Å²) >= 11 is 1.36. The summed E-state index contributed by atoms with van der Waals surface area (Å²) in [5.41, 5.74) is 1.50. The largest absolute Gasteiger partial charge is 0.344 e. The van der Waals surface area contributed by atoms with Gasteiger partial charge in [0.25, 0.3) is 0 Å². The molecule has 1 aliphatic rings. The monoisotopic (exact) mass is 344 g/mol.